The van der Waals surface area contributed by atoms with E-state index in [0.29, 0.717) is 25.7 Å². The summed E-state index contributed by atoms with van der Waals surface area (Å²) in [6.07, 6.45) is 7.52. The first-order valence-corrected chi connectivity index (χ1v) is 10.2. The normalized spacial score (nSPS) is 26.8. The first kappa shape index (κ1) is 21.6. The molecule has 0 spiro atoms. The van der Waals surface area contributed by atoms with Crippen molar-refractivity contribution in [1.82, 2.24) is 0 Å². The molecule has 1 aliphatic rings. The Hall–Kier alpha value is -1.67. The predicted octanol–water partition coefficient (Wildman–Crippen LogP) is 2.60. The van der Waals surface area contributed by atoms with Gasteiger partial charge in [0.05, 0.1) is 12.2 Å². The van der Waals surface area contributed by atoms with E-state index < -0.39 is 24.3 Å². The molecule has 27 heavy (non-hydrogen) atoms. The second kappa shape index (κ2) is 11.2. The van der Waals surface area contributed by atoms with Gasteiger partial charge in [0.1, 0.15) is 18.5 Å². The van der Waals surface area contributed by atoms with Crippen LogP contribution in [0.1, 0.15) is 32.1 Å². The number of hydrogen-bond donors (Lipinski definition) is 4. The van der Waals surface area contributed by atoms with Crippen molar-refractivity contribution in [2.45, 2.75) is 50.4 Å². The average molecular weight is 397 g/mol. The smallest absolute Gasteiger partial charge is 0.303 e. The number of allylic oxidation sites excluding steroid dienone is 2. The van der Waals surface area contributed by atoms with Crippen molar-refractivity contribution in [3.05, 3.63) is 41.1 Å². The van der Waals surface area contributed by atoms with Crippen molar-refractivity contribution in [3.8, 4) is 5.75 Å². The Morgan fingerprint density at radius 3 is 2.85 bits per heavy atom. The number of aliphatic carboxylic acids is 1. The number of unbranched alkanes of at least 4 members (excludes halogenated alkanes) is 1. The molecule has 0 amide bonds. The van der Waals surface area contributed by atoms with Crippen LogP contribution in [0, 0.1) is 11.8 Å². The van der Waals surface area contributed by atoms with Gasteiger partial charge in [0.25, 0.3) is 0 Å². The average Bonchev–Trinajstić information content (AvgIpc) is 3.22. The molecule has 0 aliphatic heterocycles. The summed E-state index contributed by atoms with van der Waals surface area (Å²) in [4.78, 5) is 10.5. The standard InChI is InChI=1S/C20H28O6S/c21-14(12-26-15-9-10-27-13-15)7-8-17-16(18(22)11-19(17)23)5-3-1-2-4-6-20(24)25/h1,3,7-10,13-14,16-19,21-23H,2,4-6,11-12H2,(H,24,25)/b3-1+,8-7+. The van der Waals surface area contributed by atoms with Crippen LogP contribution in [0.2, 0.25) is 0 Å². The summed E-state index contributed by atoms with van der Waals surface area (Å²) in [5.41, 5.74) is 0. The third-order valence-electron chi connectivity index (χ3n) is 4.72. The van der Waals surface area contributed by atoms with Crippen LogP contribution in [0.15, 0.2) is 41.1 Å². The zero-order valence-corrected chi connectivity index (χ0v) is 16.0. The molecule has 1 aromatic heterocycles. The van der Waals surface area contributed by atoms with Crippen LogP contribution < -0.4 is 4.74 Å². The first-order valence-electron chi connectivity index (χ1n) is 9.21. The van der Waals surface area contributed by atoms with E-state index >= 15 is 0 Å². The maximum absolute atomic E-state index is 10.5. The molecule has 1 fully saturated rings. The van der Waals surface area contributed by atoms with Gasteiger partial charge >= 0.3 is 5.97 Å². The van der Waals surface area contributed by atoms with E-state index in [4.69, 9.17) is 9.84 Å². The van der Waals surface area contributed by atoms with Gasteiger partial charge in [-0.25, -0.2) is 0 Å². The van der Waals surface area contributed by atoms with Crippen LogP contribution in [0.4, 0.5) is 0 Å². The van der Waals surface area contributed by atoms with Gasteiger partial charge in [-0.1, -0.05) is 24.3 Å². The quantitative estimate of drug-likeness (QED) is 0.338. The van der Waals surface area contributed by atoms with Crippen LogP contribution in [0.3, 0.4) is 0 Å². The summed E-state index contributed by atoms with van der Waals surface area (Å²) in [7, 11) is 0. The third-order valence-corrected chi connectivity index (χ3v) is 5.39. The molecule has 0 aromatic carbocycles. The van der Waals surface area contributed by atoms with E-state index in [9.17, 15) is 20.1 Å². The molecule has 2 rings (SSSR count). The van der Waals surface area contributed by atoms with E-state index in [0.717, 1.165) is 5.75 Å². The fourth-order valence-electron chi connectivity index (χ4n) is 3.28. The lowest BCUT2D eigenvalue weighted by Gasteiger charge is -2.19. The zero-order chi connectivity index (χ0) is 19.6. The number of aliphatic hydroxyl groups excluding tert-OH is 3. The second-order valence-electron chi connectivity index (χ2n) is 6.83. The van der Waals surface area contributed by atoms with E-state index in [1.54, 1.807) is 12.2 Å². The lowest BCUT2D eigenvalue weighted by Crippen LogP contribution is -2.21. The maximum Gasteiger partial charge on any atom is 0.303 e. The van der Waals surface area contributed by atoms with Crippen molar-refractivity contribution < 1.29 is 30.0 Å². The minimum Gasteiger partial charge on any atom is -0.490 e. The molecule has 7 heteroatoms. The number of ether oxygens (including phenoxy) is 1. The molecule has 0 radical (unpaired) electrons. The van der Waals surface area contributed by atoms with Crippen molar-refractivity contribution in [1.29, 1.82) is 0 Å². The van der Waals surface area contributed by atoms with E-state index in [2.05, 4.69) is 0 Å². The van der Waals surface area contributed by atoms with Crippen LogP contribution in [0.5, 0.6) is 5.75 Å². The molecule has 5 atom stereocenters. The highest BCUT2D eigenvalue weighted by Gasteiger charge is 2.39. The molecular formula is C20H28O6S. The van der Waals surface area contributed by atoms with E-state index in [1.807, 2.05) is 29.0 Å². The molecule has 4 N–H and O–H groups in total. The number of carboxylic acid groups (broad SMARTS) is 1. The number of aliphatic hydroxyl groups is 3. The Morgan fingerprint density at radius 1 is 1.33 bits per heavy atom. The van der Waals surface area contributed by atoms with Crippen molar-refractivity contribution in [2.75, 3.05) is 6.61 Å². The summed E-state index contributed by atoms with van der Waals surface area (Å²) in [6, 6.07) is 1.83. The van der Waals surface area contributed by atoms with E-state index in [1.165, 1.54) is 11.3 Å². The van der Waals surface area contributed by atoms with Gasteiger partial charge in [-0.15, -0.1) is 11.3 Å². The lowest BCUT2D eigenvalue weighted by atomic mass is 9.89. The number of rotatable bonds is 11. The van der Waals surface area contributed by atoms with Gasteiger partial charge < -0.3 is 25.2 Å². The van der Waals surface area contributed by atoms with Gasteiger partial charge in [-0.3, -0.25) is 4.79 Å². The largest absolute Gasteiger partial charge is 0.490 e. The lowest BCUT2D eigenvalue weighted by molar-refractivity contribution is -0.137. The number of carbonyl (C=O) groups is 1. The highest BCUT2D eigenvalue weighted by Crippen LogP contribution is 2.36. The fraction of sp³-hybridized carbons (Fsp3) is 0.550. The minimum atomic E-state index is -0.801. The fourth-order valence-corrected chi connectivity index (χ4v) is 3.85. The summed E-state index contributed by atoms with van der Waals surface area (Å²) in [5.74, 6) is -0.449. The van der Waals surface area contributed by atoms with Crippen LogP contribution in [0.25, 0.3) is 0 Å². The predicted molar refractivity (Wildman–Crippen MR) is 104 cm³/mol. The molecule has 0 bridgehead atoms. The summed E-state index contributed by atoms with van der Waals surface area (Å²) < 4.78 is 5.46. The Bertz CT molecular complexity index is 612. The number of hydrogen-bond acceptors (Lipinski definition) is 6. The van der Waals surface area contributed by atoms with Gasteiger partial charge in [-0.05, 0) is 36.6 Å². The molecule has 1 aromatic rings. The molecule has 1 heterocycles. The molecule has 150 valence electrons. The monoisotopic (exact) mass is 396 g/mol. The molecule has 1 aliphatic carbocycles. The number of thiophene rings is 1. The first-order chi connectivity index (χ1) is 13.0. The molecule has 5 unspecified atom stereocenters. The molecule has 0 saturated heterocycles. The summed E-state index contributed by atoms with van der Waals surface area (Å²) >= 11 is 1.52. The highest BCUT2D eigenvalue weighted by atomic mass is 32.1. The summed E-state index contributed by atoms with van der Waals surface area (Å²) in [5, 5.41) is 42.8. The Kier molecular flexibility index (Phi) is 9.00. The summed E-state index contributed by atoms with van der Waals surface area (Å²) in [6.45, 7) is 0.132. The van der Waals surface area contributed by atoms with Gasteiger partial charge in [0.15, 0.2) is 0 Å². The van der Waals surface area contributed by atoms with Gasteiger partial charge in [0, 0.05) is 24.1 Å². The van der Waals surface area contributed by atoms with Gasteiger partial charge in [0.2, 0.25) is 0 Å². The third kappa shape index (κ3) is 7.46. The second-order valence-corrected chi connectivity index (χ2v) is 7.61. The van der Waals surface area contributed by atoms with Crippen molar-refractivity contribution in [3.63, 3.8) is 0 Å². The highest BCUT2D eigenvalue weighted by molar-refractivity contribution is 7.08. The maximum atomic E-state index is 10.5. The zero-order valence-electron chi connectivity index (χ0n) is 15.2. The minimum absolute atomic E-state index is 0.128. The molecule has 6 nitrogen and oxygen atoms in total. The van der Waals surface area contributed by atoms with Crippen LogP contribution in [-0.2, 0) is 4.79 Å². The SMILES string of the molecule is O=C(O)CCC/C=C/CC1C(O)CC(O)C1/C=C/C(O)COc1ccsc1. The van der Waals surface area contributed by atoms with Crippen LogP contribution in [-0.4, -0.2) is 51.3 Å². The molecular weight excluding hydrogens is 368 g/mol. The Balaban J connectivity index is 1.81. The number of carboxylic acids is 1. The topological polar surface area (TPSA) is 107 Å². The Morgan fingerprint density at radius 2 is 2.15 bits per heavy atom. The van der Waals surface area contributed by atoms with Crippen molar-refractivity contribution in [2.24, 2.45) is 11.8 Å². The van der Waals surface area contributed by atoms with Gasteiger partial charge in [-0.2, -0.15) is 0 Å². The molecule has 1 saturated carbocycles. The van der Waals surface area contributed by atoms with E-state index in [-0.39, 0.29) is 24.9 Å². The Labute approximate surface area is 163 Å². The van der Waals surface area contributed by atoms with Crippen LogP contribution >= 0.6 is 11.3 Å². The van der Waals surface area contributed by atoms with Crippen molar-refractivity contribution >= 4 is 17.3 Å².